The lowest BCUT2D eigenvalue weighted by Crippen LogP contribution is -2.55. The second-order valence-corrected chi connectivity index (χ2v) is 18.0. The molecular formula is C45H47F5N8O6. The number of rotatable bonds is 10. The van der Waals surface area contributed by atoms with Crippen molar-refractivity contribution in [3.63, 3.8) is 0 Å². The van der Waals surface area contributed by atoms with Crippen LogP contribution in [0.25, 0.3) is 21.9 Å². The van der Waals surface area contributed by atoms with Gasteiger partial charge in [0, 0.05) is 56.8 Å². The molecule has 1 aliphatic carbocycles. The number of hydrogen-bond acceptors (Lipinski definition) is 8. The van der Waals surface area contributed by atoms with Gasteiger partial charge in [0.25, 0.3) is 11.8 Å². The van der Waals surface area contributed by atoms with Gasteiger partial charge >= 0.3 is 5.69 Å². The number of imidazole rings is 1. The number of phenolic OH excluding ortho intramolecular Hbond substituents is 1. The fraction of sp³-hybridized carbons (Fsp3) is 0.467. The summed E-state index contributed by atoms with van der Waals surface area (Å²) in [6, 6.07) is 10.7. The molecule has 0 radical (unpaired) electrons. The first kappa shape index (κ1) is 43.2. The summed E-state index contributed by atoms with van der Waals surface area (Å²) < 4.78 is 77.5. The van der Waals surface area contributed by atoms with E-state index in [9.17, 15) is 42.3 Å². The average Bonchev–Trinajstić information content (AvgIpc) is 3.90. The van der Waals surface area contributed by atoms with Crippen molar-refractivity contribution < 1.29 is 46.2 Å². The van der Waals surface area contributed by atoms with Crippen LogP contribution >= 0.6 is 0 Å². The molecule has 9 rings (SSSR count). The van der Waals surface area contributed by atoms with Gasteiger partial charge in [0.2, 0.25) is 23.5 Å². The van der Waals surface area contributed by atoms with E-state index in [1.54, 1.807) is 22.9 Å². The molecule has 1 saturated carbocycles. The first-order chi connectivity index (χ1) is 30.5. The van der Waals surface area contributed by atoms with E-state index in [4.69, 9.17) is 5.10 Å². The monoisotopic (exact) mass is 890 g/mol. The summed E-state index contributed by atoms with van der Waals surface area (Å²) in [5.41, 5.74) is 0.856. The van der Waals surface area contributed by atoms with E-state index in [1.165, 1.54) is 9.13 Å². The third-order valence-corrected chi connectivity index (χ3v) is 13.6. The molecule has 3 N–H and O–H groups in total. The van der Waals surface area contributed by atoms with Gasteiger partial charge in [-0.2, -0.15) is 9.49 Å². The SMILES string of the molecule is Cn1c(=O)n(C2CCC(=O)NC2=O)c2ccc(CCCN3CC(F)(F)CC4(CCN(c5ccc6cn(C7CCC(CNC(=O)c8cc(F)c(O)c(F)c8F)CC7)nc6c5)C4=O)C3)cc21. The number of hydrogen-bond donors (Lipinski definition) is 3. The lowest BCUT2D eigenvalue weighted by Gasteiger charge is -2.43. The maximum atomic E-state index is 15.5. The lowest BCUT2D eigenvalue weighted by molar-refractivity contribution is -0.146. The summed E-state index contributed by atoms with van der Waals surface area (Å²) in [7, 11) is 1.62. The highest BCUT2D eigenvalue weighted by Gasteiger charge is 2.57. The summed E-state index contributed by atoms with van der Waals surface area (Å²) in [6.45, 7) is 0.541. The maximum absolute atomic E-state index is 15.5. The summed E-state index contributed by atoms with van der Waals surface area (Å²) >= 11 is 0. The number of benzene rings is 3. The largest absolute Gasteiger partial charge is 0.503 e. The molecule has 4 fully saturated rings. The zero-order valence-electron chi connectivity index (χ0n) is 35.0. The van der Waals surface area contributed by atoms with E-state index in [0.717, 1.165) is 10.9 Å². The molecule has 338 valence electrons. The van der Waals surface area contributed by atoms with E-state index in [1.807, 2.05) is 41.2 Å². The Labute approximate surface area is 363 Å². The van der Waals surface area contributed by atoms with Crippen LogP contribution in [-0.2, 0) is 27.9 Å². The van der Waals surface area contributed by atoms with Gasteiger partial charge < -0.3 is 15.3 Å². The van der Waals surface area contributed by atoms with Crippen LogP contribution < -0.4 is 21.2 Å². The Kier molecular flexibility index (Phi) is 11.1. The molecule has 3 aromatic carbocycles. The molecule has 0 bridgehead atoms. The van der Waals surface area contributed by atoms with E-state index in [2.05, 4.69) is 10.6 Å². The zero-order chi connectivity index (χ0) is 45.2. The molecule has 4 aliphatic rings. The summed E-state index contributed by atoms with van der Waals surface area (Å²) in [6.07, 6.45) is 5.91. The van der Waals surface area contributed by atoms with Crippen LogP contribution in [0.5, 0.6) is 5.75 Å². The molecule has 64 heavy (non-hydrogen) atoms. The lowest BCUT2D eigenvalue weighted by atomic mass is 9.77. The first-order valence-electron chi connectivity index (χ1n) is 21.6. The Morgan fingerprint density at radius 2 is 1.73 bits per heavy atom. The van der Waals surface area contributed by atoms with Gasteiger partial charge in [0.15, 0.2) is 17.4 Å². The van der Waals surface area contributed by atoms with Crippen molar-refractivity contribution in [2.75, 3.05) is 37.6 Å². The minimum atomic E-state index is -3.07. The van der Waals surface area contributed by atoms with E-state index >= 15 is 8.78 Å². The number of nitrogens with zero attached hydrogens (tertiary/aromatic N) is 6. The molecule has 5 aromatic rings. The number of aromatic nitrogens is 4. The quantitative estimate of drug-likeness (QED) is 0.0921. The molecule has 19 heteroatoms. The van der Waals surface area contributed by atoms with Crippen LogP contribution in [0.4, 0.5) is 27.6 Å². The average molecular weight is 891 g/mol. The molecule has 3 saturated heterocycles. The van der Waals surface area contributed by atoms with Crippen LogP contribution in [0.3, 0.4) is 0 Å². The summed E-state index contributed by atoms with van der Waals surface area (Å²) in [5, 5.41) is 19.8. The second-order valence-electron chi connectivity index (χ2n) is 18.0. The van der Waals surface area contributed by atoms with Crippen LogP contribution in [0, 0.1) is 28.8 Å². The van der Waals surface area contributed by atoms with E-state index in [0.29, 0.717) is 73.4 Å². The third kappa shape index (κ3) is 7.91. The molecule has 2 unspecified atom stereocenters. The smallest absolute Gasteiger partial charge is 0.329 e. The van der Waals surface area contributed by atoms with Crippen LogP contribution in [0.2, 0.25) is 0 Å². The minimum absolute atomic E-state index is 0.0323. The number of aryl methyl sites for hydroxylation is 2. The molecule has 1 spiro atoms. The number of phenols is 1. The van der Waals surface area contributed by atoms with Gasteiger partial charge in [-0.05, 0) is 106 Å². The third-order valence-electron chi connectivity index (χ3n) is 13.6. The molecule has 14 nitrogen and oxygen atoms in total. The van der Waals surface area contributed by atoms with Gasteiger partial charge in [-0.3, -0.25) is 43.2 Å². The highest BCUT2D eigenvalue weighted by atomic mass is 19.3. The Hall–Kier alpha value is -6.11. The van der Waals surface area contributed by atoms with Crippen molar-refractivity contribution in [2.24, 2.45) is 18.4 Å². The highest BCUT2D eigenvalue weighted by Crippen LogP contribution is 2.47. The number of carbonyl (C=O) groups is 4. The Morgan fingerprint density at radius 3 is 2.50 bits per heavy atom. The first-order valence-corrected chi connectivity index (χ1v) is 21.6. The number of likely N-dealkylation sites (tertiary alicyclic amines) is 1. The minimum Gasteiger partial charge on any atom is -0.503 e. The van der Waals surface area contributed by atoms with Crippen molar-refractivity contribution in [3.8, 4) is 5.75 Å². The number of nitrogens with one attached hydrogen (secondary N) is 2. The van der Waals surface area contributed by atoms with Gasteiger partial charge in [0.1, 0.15) is 6.04 Å². The van der Waals surface area contributed by atoms with E-state index < -0.39 is 70.9 Å². The fourth-order valence-corrected chi connectivity index (χ4v) is 10.3. The van der Waals surface area contributed by atoms with Crippen molar-refractivity contribution >= 4 is 51.3 Å². The predicted molar refractivity (Wildman–Crippen MR) is 223 cm³/mol. The van der Waals surface area contributed by atoms with Crippen LogP contribution in [0.15, 0.2) is 53.5 Å². The number of anilines is 1. The number of aromatic hydroxyl groups is 1. The van der Waals surface area contributed by atoms with Crippen LogP contribution in [-0.4, -0.2) is 91.2 Å². The molecule has 2 aromatic heterocycles. The number of fused-ring (bicyclic) bond motifs is 2. The number of amides is 4. The zero-order valence-corrected chi connectivity index (χ0v) is 35.0. The Bertz CT molecular complexity index is 2780. The van der Waals surface area contributed by atoms with Crippen LogP contribution in [0.1, 0.15) is 85.8 Å². The maximum Gasteiger partial charge on any atom is 0.329 e. The Morgan fingerprint density at radius 1 is 0.953 bits per heavy atom. The van der Waals surface area contributed by atoms with E-state index in [-0.39, 0.29) is 68.4 Å². The van der Waals surface area contributed by atoms with Crippen molar-refractivity contribution in [1.82, 2.24) is 34.4 Å². The summed E-state index contributed by atoms with van der Waals surface area (Å²) in [4.78, 5) is 67.4. The normalized spacial score (nSPS) is 24.0. The number of carbonyl (C=O) groups excluding carboxylic acids is 4. The molecule has 2 atom stereocenters. The number of halogens is 5. The van der Waals surface area contributed by atoms with Gasteiger partial charge in [-0.25, -0.2) is 22.4 Å². The topological polar surface area (TPSA) is 164 Å². The van der Waals surface area contributed by atoms with Gasteiger partial charge in [0.05, 0.1) is 40.1 Å². The molecule has 5 heterocycles. The molecule has 4 amide bonds. The molecular weight excluding hydrogens is 844 g/mol. The number of alkyl halides is 2. The Balaban J connectivity index is 0.806. The standard InChI is InChI=1S/C45H47F5N8O6/c1-54-35-17-25(6-11-33(35)58(43(54)64)34-12-13-36(59)52-41(34)62)3-2-15-55-23-44(22-45(49,50)24-55)14-16-56(42(44)63)29-10-7-27-21-57(53-32(27)18-29)28-8-4-26(5-9-28)20-51-40(61)30-19-31(46)39(60)38(48)37(30)47/h6-7,10-11,17-19,21,26,28,34,60H,2-5,8-9,12-16,20,22-24H2,1H3,(H,51,61)(H,52,59,62). The predicted octanol–water partition coefficient (Wildman–Crippen LogP) is 5.65. The fourth-order valence-electron chi connectivity index (χ4n) is 10.3. The number of piperidine rings is 2. The highest BCUT2D eigenvalue weighted by molar-refractivity contribution is 6.02. The van der Waals surface area contributed by atoms with Crippen molar-refractivity contribution in [1.29, 1.82) is 0 Å². The van der Waals surface area contributed by atoms with Gasteiger partial charge in [-0.15, -0.1) is 0 Å². The summed E-state index contributed by atoms with van der Waals surface area (Å²) in [5.74, 6) is -11.6. The van der Waals surface area contributed by atoms with Crippen molar-refractivity contribution in [2.45, 2.75) is 82.2 Å². The molecule has 3 aliphatic heterocycles. The second kappa shape index (κ2) is 16.5. The van der Waals surface area contributed by atoms with Crippen molar-refractivity contribution in [3.05, 3.63) is 87.7 Å². The number of imide groups is 1. The van der Waals surface area contributed by atoms with Gasteiger partial charge in [-0.1, -0.05) is 6.07 Å².